The van der Waals surface area contributed by atoms with Gasteiger partial charge in [0.25, 0.3) is 0 Å². The molecule has 0 bridgehead atoms. The average molecular weight is 398 g/mol. The molecule has 1 aromatic carbocycles. The summed E-state index contributed by atoms with van der Waals surface area (Å²) in [6, 6.07) is 4.32. The highest BCUT2D eigenvalue weighted by molar-refractivity contribution is 7.89. The first-order valence-corrected chi connectivity index (χ1v) is 8.69. The van der Waals surface area contributed by atoms with Gasteiger partial charge in [0.1, 0.15) is 0 Å². The summed E-state index contributed by atoms with van der Waals surface area (Å²) in [5.74, 6) is -0.643. The molecule has 25 heavy (non-hydrogen) atoms. The lowest BCUT2D eigenvalue weighted by Gasteiger charge is -2.16. The Morgan fingerprint density at radius 1 is 1.24 bits per heavy atom. The van der Waals surface area contributed by atoms with E-state index in [2.05, 4.69) is 15.0 Å². The van der Waals surface area contributed by atoms with Crippen molar-refractivity contribution < 1.29 is 23.8 Å². The topological polar surface area (TPSA) is 134 Å². The number of hydrogen-bond donors (Lipinski definition) is 2. The minimum absolute atomic E-state index is 0. The number of nitrogens with zero attached hydrogens (tertiary/aromatic N) is 1. The Hall–Kier alpha value is -1.36. The van der Waals surface area contributed by atoms with Gasteiger partial charge in [0.2, 0.25) is 10.0 Å². The summed E-state index contributed by atoms with van der Waals surface area (Å²) < 4.78 is 41.6. The number of sulfonamides is 1. The van der Waals surface area contributed by atoms with Crippen molar-refractivity contribution in [3.63, 3.8) is 0 Å². The minimum atomic E-state index is -3.80. The fourth-order valence-electron chi connectivity index (χ4n) is 2.25. The highest BCUT2D eigenvalue weighted by atomic mass is 35.5. The van der Waals surface area contributed by atoms with Crippen molar-refractivity contribution in [2.75, 3.05) is 13.1 Å². The summed E-state index contributed by atoms with van der Waals surface area (Å²) in [6.07, 6.45) is 3.44. The van der Waals surface area contributed by atoms with Gasteiger partial charge >= 0.3 is 0 Å². The van der Waals surface area contributed by atoms with E-state index in [0.29, 0.717) is 11.9 Å². The van der Waals surface area contributed by atoms with Crippen molar-refractivity contribution in [3.05, 3.63) is 36.4 Å². The van der Waals surface area contributed by atoms with E-state index in [1.807, 2.05) is 6.92 Å². The van der Waals surface area contributed by atoms with Crippen molar-refractivity contribution in [1.29, 1.82) is 0 Å². The van der Waals surface area contributed by atoms with Crippen LogP contribution in [-0.2, 0) is 10.0 Å². The fourth-order valence-corrected chi connectivity index (χ4v) is 3.73. The zero-order valence-electron chi connectivity index (χ0n) is 14.0. The summed E-state index contributed by atoms with van der Waals surface area (Å²) in [5.41, 5.74) is 0. The van der Waals surface area contributed by atoms with Crippen LogP contribution in [0, 0.1) is 5.82 Å². The number of nitrogens with one attached hydrogen (secondary N) is 2. The van der Waals surface area contributed by atoms with Crippen LogP contribution in [0.2, 0.25) is 0 Å². The van der Waals surface area contributed by atoms with Crippen molar-refractivity contribution in [1.82, 2.24) is 15.0 Å². The lowest BCUT2D eigenvalue weighted by molar-refractivity contribution is 0.536. The molecule has 0 aliphatic carbocycles. The molecular formula is C15H25ClFN3O4S. The molecule has 0 spiro atoms. The van der Waals surface area contributed by atoms with Crippen molar-refractivity contribution in [2.45, 2.75) is 31.2 Å². The predicted molar refractivity (Wildman–Crippen MR) is 99.1 cm³/mol. The number of hydrogen-bond acceptors (Lipinski definition) is 4. The highest BCUT2D eigenvalue weighted by Crippen LogP contribution is 2.24. The van der Waals surface area contributed by atoms with Gasteiger partial charge in [-0.25, -0.2) is 17.5 Å². The van der Waals surface area contributed by atoms with Crippen molar-refractivity contribution >= 4 is 33.2 Å². The van der Waals surface area contributed by atoms with Crippen molar-refractivity contribution in [2.24, 2.45) is 0 Å². The van der Waals surface area contributed by atoms with E-state index in [-0.39, 0.29) is 39.7 Å². The molecule has 6 N–H and O–H groups in total. The van der Waals surface area contributed by atoms with Crippen LogP contribution in [0.4, 0.5) is 4.39 Å². The molecule has 10 heteroatoms. The number of fused-ring (bicyclic) bond motifs is 1. The molecule has 1 aromatic heterocycles. The zero-order valence-corrected chi connectivity index (χ0v) is 15.7. The number of halogens is 2. The van der Waals surface area contributed by atoms with Crippen LogP contribution in [0.15, 0.2) is 35.5 Å². The Balaban J connectivity index is 0. The summed E-state index contributed by atoms with van der Waals surface area (Å²) in [5, 5.41) is 3.67. The molecule has 0 saturated heterocycles. The largest absolute Gasteiger partial charge is 0.412 e. The molecule has 1 atom stereocenters. The van der Waals surface area contributed by atoms with Crippen LogP contribution in [0.5, 0.6) is 0 Å². The second-order valence-corrected chi connectivity index (χ2v) is 6.88. The van der Waals surface area contributed by atoms with Gasteiger partial charge in [0.05, 0.1) is 11.1 Å². The first-order chi connectivity index (χ1) is 10.5. The van der Waals surface area contributed by atoms with Crippen LogP contribution >= 0.6 is 12.4 Å². The van der Waals surface area contributed by atoms with Gasteiger partial charge in [-0.2, -0.15) is 0 Å². The summed E-state index contributed by atoms with van der Waals surface area (Å²) in [4.78, 5) is 3.68. The molecule has 0 amide bonds. The molecule has 0 fully saturated rings. The molecule has 144 valence electrons. The molecule has 2 rings (SSSR count). The minimum Gasteiger partial charge on any atom is -0.412 e. The SMILES string of the molecule is CCCNC[C@H](C)NS(=O)(=O)c1cccc2cncc(F)c12.Cl.O.O. The van der Waals surface area contributed by atoms with Gasteiger partial charge in [-0.15, -0.1) is 12.4 Å². The third kappa shape index (κ3) is 6.46. The Labute approximate surface area is 153 Å². The van der Waals surface area contributed by atoms with E-state index in [9.17, 15) is 12.8 Å². The molecule has 0 aliphatic heterocycles. The summed E-state index contributed by atoms with van der Waals surface area (Å²) in [6.45, 7) is 5.14. The Morgan fingerprint density at radius 2 is 1.92 bits per heavy atom. The first-order valence-electron chi connectivity index (χ1n) is 7.21. The van der Waals surface area contributed by atoms with Crippen LogP contribution in [0.3, 0.4) is 0 Å². The monoisotopic (exact) mass is 397 g/mol. The molecule has 0 saturated carbocycles. The van der Waals surface area contributed by atoms with E-state index in [0.717, 1.165) is 19.2 Å². The van der Waals surface area contributed by atoms with Gasteiger partial charge < -0.3 is 16.3 Å². The van der Waals surface area contributed by atoms with E-state index in [1.54, 1.807) is 19.1 Å². The lowest BCUT2D eigenvalue weighted by atomic mass is 10.2. The molecular weight excluding hydrogens is 373 g/mol. The molecule has 0 radical (unpaired) electrons. The van der Waals surface area contributed by atoms with Crippen LogP contribution < -0.4 is 10.0 Å². The standard InChI is InChI=1S/C15H20FN3O2S.ClH.2H2O/c1-3-7-17-8-11(2)19-22(20,21)14-6-4-5-12-9-18-10-13(16)15(12)14;;;/h4-6,9-11,17,19H,3,7-8H2,1-2H3;1H;2*1H2/t11-;;;/m0.../s1. The Morgan fingerprint density at radius 3 is 2.56 bits per heavy atom. The lowest BCUT2D eigenvalue weighted by Crippen LogP contribution is -2.40. The van der Waals surface area contributed by atoms with Gasteiger partial charge in [-0.05, 0) is 26.0 Å². The molecule has 2 aromatic rings. The Kier molecular flexibility index (Phi) is 11.7. The van der Waals surface area contributed by atoms with E-state index in [4.69, 9.17) is 0 Å². The first kappa shape index (κ1) is 25.9. The summed E-state index contributed by atoms with van der Waals surface area (Å²) >= 11 is 0. The third-order valence-corrected chi connectivity index (χ3v) is 4.85. The number of pyridine rings is 1. The maximum atomic E-state index is 14.0. The number of benzene rings is 1. The third-order valence-electron chi connectivity index (χ3n) is 3.22. The van der Waals surface area contributed by atoms with Crippen LogP contribution in [-0.4, -0.2) is 43.5 Å². The van der Waals surface area contributed by atoms with E-state index < -0.39 is 15.8 Å². The smallest absolute Gasteiger partial charge is 0.241 e. The van der Waals surface area contributed by atoms with Crippen LogP contribution in [0.1, 0.15) is 20.3 Å². The number of rotatable bonds is 7. The molecule has 1 heterocycles. The molecule has 0 aliphatic rings. The van der Waals surface area contributed by atoms with Gasteiger partial charge in [0.15, 0.2) is 5.82 Å². The quantitative estimate of drug-likeness (QED) is 0.668. The number of aromatic nitrogens is 1. The normalized spacial score (nSPS) is 11.8. The highest BCUT2D eigenvalue weighted by Gasteiger charge is 2.21. The maximum Gasteiger partial charge on any atom is 0.241 e. The molecule has 7 nitrogen and oxygen atoms in total. The van der Waals surface area contributed by atoms with E-state index in [1.165, 1.54) is 12.3 Å². The maximum absolute atomic E-state index is 14.0. The zero-order chi connectivity index (χ0) is 16.2. The second-order valence-electron chi connectivity index (χ2n) is 5.20. The average Bonchev–Trinajstić information content (AvgIpc) is 2.47. The Bertz CT molecular complexity index is 756. The van der Waals surface area contributed by atoms with Crippen LogP contribution in [0.25, 0.3) is 10.8 Å². The van der Waals surface area contributed by atoms with Gasteiger partial charge in [0, 0.05) is 29.6 Å². The fraction of sp³-hybridized carbons (Fsp3) is 0.400. The van der Waals surface area contributed by atoms with Gasteiger partial charge in [-0.3, -0.25) is 4.98 Å². The second kappa shape index (κ2) is 11.3. The summed E-state index contributed by atoms with van der Waals surface area (Å²) in [7, 11) is -3.80. The predicted octanol–water partition coefficient (Wildman–Crippen LogP) is 0.813. The van der Waals surface area contributed by atoms with Crippen molar-refractivity contribution in [3.8, 4) is 0 Å². The molecule has 0 unspecified atom stereocenters. The van der Waals surface area contributed by atoms with E-state index >= 15 is 0 Å². The van der Waals surface area contributed by atoms with Gasteiger partial charge in [-0.1, -0.05) is 19.1 Å².